The second kappa shape index (κ2) is 8.27. The Labute approximate surface area is 155 Å². The number of nitrogens with zero attached hydrogens (tertiary/aromatic N) is 1. The smallest absolute Gasteiger partial charge is 0.259 e. The standard InChI is InChI=1S/C16H22N4O3S.ClH/c1-8-9(2)24-16-14(8)15(23)19-12(20-16)3-4-13(22)18-6-10-5-17-7-11(10)21;/h10-11,17,21H,3-7H2,1-2H3,(H,18,22)(H,19,20,23);1H. The van der Waals surface area contributed by atoms with Crippen molar-refractivity contribution >= 4 is 39.9 Å². The van der Waals surface area contributed by atoms with Gasteiger partial charge >= 0.3 is 0 Å². The molecular weight excluding hydrogens is 364 g/mol. The Bertz CT molecular complexity index is 820. The number of aromatic nitrogens is 2. The zero-order chi connectivity index (χ0) is 17.3. The molecular formula is C16H23ClN4O3S. The molecule has 3 heterocycles. The number of aliphatic hydroxyl groups is 1. The van der Waals surface area contributed by atoms with Crippen LogP contribution in [0.4, 0.5) is 0 Å². The predicted molar refractivity (Wildman–Crippen MR) is 101 cm³/mol. The van der Waals surface area contributed by atoms with E-state index in [0.29, 0.717) is 37.3 Å². The number of amides is 1. The van der Waals surface area contributed by atoms with Crippen LogP contribution in [0.15, 0.2) is 4.79 Å². The maximum absolute atomic E-state index is 12.2. The van der Waals surface area contributed by atoms with E-state index in [0.717, 1.165) is 15.3 Å². The molecule has 0 bridgehead atoms. The zero-order valence-corrected chi connectivity index (χ0v) is 15.9. The highest BCUT2D eigenvalue weighted by atomic mass is 35.5. The van der Waals surface area contributed by atoms with Crippen LogP contribution in [0.25, 0.3) is 10.2 Å². The van der Waals surface area contributed by atoms with Gasteiger partial charge in [0.15, 0.2) is 0 Å². The molecule has 25 heavy (non-hydrogen) atoms. The highest BCUT2D eigenvalue weighted by Crippen LogP contribution is 2.25. The van der Waals surface area contributed by atoms with Gasteiger partial charge < -0.3 is 20.7 Å². The van der Waals surface area contributed by atoms with E-state index in [4.69, 9.17) is 0 Å². The molecule has 4 N–H and O–H groups in total. The van der Waals surface area contributed by atoms with Gasteiger partial charge in [-0.3, -0.25) is 9.59 Å². The molecule has 7 nitrogen and oxygen atoms in total. The second-order valence-corrected chi connectivity index (χ2v) is 7.47. The summed E-state index contributed by atoms with van der Waals surface area (Å²) in [6, 6.07) is 0. The van der Waals surface area contributed by atoms with Crippen LogP contribution >= 0.6 is 23.7 Å². The molecule has 1 amide bonds. The Morgan fingerprint density at radius 1 is 1.40 bits per heavy atom. The fraction of sp³-hybridized carbons (Fsp3) is 0.562. The van der Waals surface area contributed by atoms with E-state index in [1.807, 2.05) is 13.8 Å². The van der Waals surface area contributed by atoms with Crippen molar-refractivity contribution in [1.82, 2.24) is 20.6 Å². The largest absolute Gasteiger partial charge is 0.391 e. The molecule has 9 heteroatoms. The Morgan fingerprint density at radius 3 is 2.84 bits per heavy atom. The van der Waals surface area contributed by atoms with Gasteiger partial charge in [-0.05, 0) is 19.4 Å². The molecule has 0 aromatic carbocycles. The van der Waals surface area contributed by atoms with Gasteiger partial charge in [0.1, 0.15) is 10.7 Å². The van der Waals surface area contributed by atoms with Gasteiger partial charge in [-0.25, -0.2) is 4.98 Å². The number of carbonyl (C=O) groups is 1. The first-order chi connectivity index (χ1) is 11.5. The molecule has 0 saturated carbocycles. The van der Waals surface area contributed by atoms with Crippen LogP contribution in [0.1, 0.15) is 22.7 Å². The molecule has 1 aliphatic rings. The van der Waals surface area contributed by atoms with Gasteiger partial charge in [0.25, 0.3) is 5.56 Å². The minimum Gasteiger partial charge on any atom is -0.391 e. The molecule has 3 rings (SSSR count). The average molecular weight is 387 g/mol. The third kappa shape index (κ3) is 4.38. The lowest BCUT2D eigenvalue weighted by atomic mass is 10.1. The lowest BCUT2D eigenvalue weighted by molar-refractivity contribution is -0.121. The molecule has 0 aliphatic carbocycles. The first-order valence-corrected chi connectivity index (χ1v) is 8.91. The van der Waals surface area contributed by atoms with Gasteiger partial charge in [-0.1, -0.05) is 0 Å². The fourth-order valence-electron chi connectivity index (χ4n) is 2.91. The predicted octanol–water partition coefficient (Wildman–Crippen LogP) is 0.652. The van der Waals surface area contributed by atoms with Crippen LogP contribution in [0.3, 0.4) is 0 Å². The zero-order valence-electron chi connectivity index (χ0n) is 14.2. The topological polar surface area (TPSA) is 107 Å². The molecule has 2 aromatic heterocycles. The molecule has 1 saturated heterocycles. The highest BCUT2D eigenvalue weighted by molar-refractivity contribution is 7.18. The van der Waals surface area contributed by atoms with Gasteiger partial charge in [0.2, 0.25) is 5.91 Å². The van der Waals surface area contributed by atoms with Gasteiger partial charge in [-0.2, -0.15) is 0 Å². The Hall–Kier alpha value is -1.48. The molecule has 2 aromatic rings. The monoisotopic (exact) mass is 386 g/mol. The fourth-order valence-corrected chi connectivity index (χ4v) is 3.96. The number of H-pyrrole nitrogens is 1. The van der Waals surface area contributed by atoms with Crippen molar-refractivity contribution in [3.8, 4) is 0 Å². The van der Waals surface area contributed by atoms with Crippen molar-refractivity contribution < 1.29 is 9.90 Å². The number of halogens is 1. The number of β-amino-alcohol motifs (C(OH)–C–C–N with tert-alkyl or cyclic N) is 1. The SMILES string of the molecule is Cc1sc2nc(CCC(=O)NCC3CNCC3O)[nH]c(=O)c2c1C.Cl. The van der Waals surface area contributed by atoms with Crippen molar-refractivity contribution in [3.63, 3.8) is 0 Å². The van der Waals surface area contributed by atoms with Crippen LogP contribution in [0.5, 0.6) is 0 Å². The summed E-state index contributed by atoms with van der Waals surface area (Å²) in [5.74, 6) is 0.488. The van der Waals surface area contributed by atoms with Crippen LogP contribution < -0.4 is 16.2 Å². The number of rotatable bonds is 5. The Balaban J connectivity index is 0.00000225. The van der Waals surface area contributed by atoms with Gasteiger partial charge in [-0.15, -0.1) is 23.7 Å². The van der Waals surface area contributed by atoms with Gasteiger partial charge in [0.05, 0.1) is 11.5 Å². The maximum Gasteiger partial charge on any atom is 0.259 e. The van der Waals surface area contributed by atoms with E-state index in [1.54, 1.807) is 0 Å². The van der Waals surface area contributed by atoms with Crippen LogP contribution in [-0.4, -0.2) is 46.7 Å². The summed E-state index contributed by atoms with van der Waals surface area (Å²) in [6.07, 6.45) is 0.239. The third-order valence-electron chi connectivity index (χ3n) is 4.54. The number of aliphatic hydroxyl groups excluding tert-OH is 1. The Morgan fingerprint density at radius 2 is 2.16 bits per heavy atom. The lowest BCUT2D eigenvalue weighted by Crippen LogP contribution is -2.34. The van der Waals surface area contributed by atoms with Gasteiger partial charge in [0, 0.05) is 43.3 Å². The number of aryl methyl sites for hydroxylation is 3. The molecule has 138 valence electrons. The summed E-state index contributed by atoms with van der Waals surface area (Å²) >= 11 is 1.50. The van der Waals surface area contributed by atoms with E-state index >= 15 is 0 Å². The number of nitrogens with one attached hydrogen (secondary N) is 3. The minimum absolute atomic E-state index is 0. The minimum atomic E-state index is -0.406. The summed E-state index contributed by atoms with van der Waals surface area (Å²) in [6.45, 7) is 5.64. The number of fused-ring (bicyclic) bond motifs is 1. The van der Waals surface area contributed by atoms with Crippen LogP contribution in [-0.2, 0) is 11.2 Å². The molecule has 0 spiro atoms. The first-order valence-electron chi connectivity index (χ1n) is 8.10. The molecule has 2 unspecified atom stereocenters. The summed E-state index contributed by atoms with van der Waals surface area (Å²) in [5.41, 5.74) is 0.828. The van der Waals surface area contributed by atoms with Crippen LogP contribution in [0.2, 0.25) is 0 Å². The highest BCUT2D eigenvalue weighted by Gasteiger charge is 2.24. The first kappa shape index (κ1) is 19.8. The number of carbonyl (C=O) groups excluding carboxylic acids is 1. The second-order valence-electron chi connectivity index (χ2n) is 6.27. The number of hydrogen-bond acceptors (Lipinski definition) is 6. The lowest BCUT2D eigenvalue weighted by Gasteiger charge is -2.13. The molecule has 1 aliphatic heterocycles. The number of thiophene rings is 1. The summed E-state index contributed by atoms with van der Waals surface area (Å²) < 4.78 is 0. The van der Waals surface area contributed by atoms with Crippen LogP contribution in [0, 0.1) is 19.8 Å². The summed E-state index contributed by atoms with van der Waals surface area (Å²) in [4.78, 5) is 33.2. The number of hydrogen-bond donors (Lipinski definition) is 4. The molecule has 2 atom stereocenters. The molecule has 1 fully saturated rings. The van der Waals surface area contributed by atoms with Crippen molar-refractivity contribution in [1.29, 1.82) is 0 Å². The summed E-state index contributed by atoms with van der Waals surface area (Å²) in [7, 11) is 0. The van der Waals surface area contributed by atoms with Crippen molar-refractivity contribution in [2.24, 2.45) is 5.92 Å². The quantitative estimate of drug-likeness (QED) is 0.603. The average Bonchev–Trinajstić information content (AvgIpc) is 3.07. The normalized spacial score (nSPS) is 19.8. The van der Waals surface area contributed by atoms with E-state index in [2.05, 4.69) is 20.6 Å². The van der Waals surface area contributed by atoms with E-state index in [9.17, 15) is 14.7 Å². The summed E-state index contributed by atoms with van der Waals surface area (Å²) in [5, 5.41) is 16.3. The van der Waals surface area contributed by atoms with Crippen molar-refractivity contribution in [3.05, 3.63) is 26.6 Å². The maximum atomic E-state index is 12.2. The van der Waals surface area contributed by atoms with E-state index < -0.39 is 6.10 Å². The third-order valence-corrected chi connectivity index (χ3v) is 5.64. The molecule has 0 radical (unpaired) electrons. The Kier molecular flexibility index (Phi) is 6.56. The number of aromatic amines is 1. The van der Waals surface area contributed by atoms with Crippen molar-refractivity contribution in [2.75, 3.05) is 19.6 Å². The van der Waals surface area contributed by atoms with E-state index in [1.165, 1.54) is 11.3 Å². The van der Waals surface area contributed by atoms with E-state index in [-0.39, 0.29) is 36.2 Å². The van der Waals surface area contributed by atoms with Crippen molar-refractivity contribution in [2.45, 2.75) is 32.8 Å².